The van der Waals surface area contributed by atoms with E-state index in [1.165, 1.54) is 12.1 Å². The topological polar surface area (TPSA) is 67.0 Å². The summed E-state index contributed by atoms with van der Waals surface area (Å²) in [6.45, 7) is 1.65. The van der Waals surface area contributed by atoms with Gasteiger partial charge in [0.2, 0.25) is 0 Å². The van der Waals surface area contributed by atoms with Crippen LogP contribution in [0.4, 0.5) is 14.6 Å². The third-order valence-electron chi connectivity index (χ3n) is 4.47. The number of benzene rings is 3. The van der Waals surface area contributed by atoms with E-state index >= 15 is 0 Å². The van der Waals surface area contributed by atoms with Crippen LogP contribution in [0.3, 0.4) is 0 Å². The minimum atomic E-state index is -0.725. The number of nitrogens with one attached hydrogen (secondary N) is 2. The van der Waals surface area contributed by atoms with Gasteiger partial charge in [0.15, 0.2) is 11.9 Å². The van der Waals surface area contributed by atoms with E-state index in [2.05, 4.69) is 15.5 Å². The number of hydrogen-bond acceptors (Lipinski definition) is 3. The first-order chi connectivity index (χ1) is 14.0. The van der Waals surface area contributed by atoms with Crippen molar-refractivity contribution in [1.29, 1.82) is 0 Å². The first-order valence-electron chi connectivity index (χ1n) is 8.97. The Morgan fingerprint density at radius 1 is 1.07 bits per heavy atom. The lowest BCUT2D eigenvalue weighted by Gasteiger charge is -2.13. The van der Waals surface area contributed by atoms with E-state index in [0.717, 1.165) is 6.07 Å². The Balaban J connectivity index is 1.54. The lowest BCUT2D eigenvalue weighted by molar-refractivity contribution is -0.122. The Morgan fingerprint density at radius 3 is 2.62 bits per heavy atom. The number of amides is 1. The number of hydrogen-bond donors (Lipinski definition) is 2. The molecule has 1 atom stereocenters. The van der Waals surface area contributed by atoms with Crippen molar-refractivity contribution >= 4 is 22.6 Å². The lowest BCUT2D eigenvalue weighted by Crippen LogP contribution is -2.30. The van der Waals surface area contributed by atoms with Crippen LogP contribution in [-0.4, -0.2) is 22.2 Å². The summed E-state index contributed by atoms with van der Waals surface area (Å²) < 4.78 is 32.8. The summed E-state index contributed by atoms with van der Waals surface area (Å²) in [6, 6.07) is 17.6. The molecule has 3 aromatic carbocycles. The van der Waals surface area contributed by atoms with Crippen LogP contribution in [0.2, 0.25) is 0 Å². The number of aromatic nitrogens is 2. The zero-order valence-electron chi connectivity index (χ0n) is 15.4. The predicted molar refractivity (Wildman–Crippen MR) is 107 cm³/mol. The van der Waals surface area contributed by atoms with Crippen molar-refractivity contribution in [2.24, 2.45) is 0 Å². The molecule has 1 amide bonds. The predicted octanol–water partition coefficient (Wildman–Crippen LogP) is 4.91. The number of halogens is 2. The zero-order valence-corrected chi connectivity index (χ0v) is 15.4. The summed E-state index contributed by atoms with van der Waals surface area (Å²) in [4.78, 5) is 12.4. The molecule has 7 heteroatoms. The number of nitrogens with zero attached hydrogens (tertiary/aromatic N) is 1. The number of carbonyl (C=O) groups excluding carboxylic acids is 1. The van der Waals surface area contributed by atoms with Crippen LogP contribution in [0, 0.1) is 11.6 Å². The van der Waals surface area contributed by atoms with Gasteiger partial charge in [-0.3, -0.25) is 9.89 Å². The van der Waals surface area contributed by atoms with Gasteiger partial charge in [-0.1, -0.05) is 24.3 Å². The third-order valence-corrected chi connectivity index (χ3v) is 4.47. The normalized spacial score (nSPS) is 12.0. The highest BCUT2D eigenvalue weighted by Gasteiger charge is 2.18. The maximum Gasteiger partial charge on any atom is 0.266 e. The summed E-state index contributed by atoms with van der Waals surface area (Å²) in [5.41, 5.74) is 1.45. The van der Waals surface area contributed by atoms with Crippen LogP contribution < -0.4 is 10.1 Å². The number of aromatic amines is 1. The molecule has 2 N–H and O–H groups in total. The van der Waals surface area contributed by atoms with Gasteiger partial charge >= 0.3 is 0 Å². The summed E-state index contributed by atoms with van der Waals surface area (Å²) in [5.74, 6) is -0.696. The van der Waals surface area contributed by atoms with Crippen LogP contribution in [0.5, 0.6) is 5.75 Å². The van der Waals surface area contributed by atoms with Crippen molar-refractivity contribution in [2.45, 2.75) is 13.0 Å². The molecule has 1 aromatic heterocycles. The van der Waals surface area contributed by atoms with Gasteiger partial charge in [-0.15, -0.1) is 0 Å². The third kappa shape index (κ3) is 3.94. The van der Waals surface area contributed by atoms with Crippen LogP contribution >= 0.6 is 0 Å². The van der Waals surface area contributed by atoms with Gasteiger partial charge in [-0.05, 0) is 48.9 Å². The van der Waals surface area contributed by atoms with Crippen LogP contribution in [0.15, 0.2) is 66.7 Å². The van der Waals surface area contributed by atoms with Gasteiger partial charge in [0.1, 0.15) is 17.4 Å². The smallest absolute Gasteiger partial charge is 0.266 e. The number of rotatable bonds is 5. The largest absolute Gasteiger partial charge is 0.481 e. The van der Waals surface area contributed by atoms with Crippen molar-refractivity contribution in [3.05, 3.63) is 78.4 Å². The summed E-state index contributed by atoms with van der Waals surface area (Å²) in [6.07, 6.45) is -0.725. The highest BCUT2D eigenvalue weighted by molar-refractivity contribution is 6.02. The van der Waals surface area contributed by atoms with Gasteiger partial charge < -0.3 is 10.1 Å². The fourth-order valence-electron chi connectivity index (χ4n) is 2.98. The number of para-hydroxylation sites is 1. The minimum absolute atomic E-state index is 0.276. The molecule has 1 heterocycles. The fraction of sp³-hybridized carbons (Fsp3) is 0.0909. The summed E-state index contributed by atoms with van der Waals surface area (Å²) in [5, 5.41) is 10.3. The average molecular weight is 393 g/mol. The number of carbonyl (C=O) groups is 1. The molecule has 0 aliphatic rings. The molecule has 0 aliphatic heterocycles. The molecule has 0 radical (unpaired) electrons. The lowest BCUT2D eigenvalue weighted by atomic mass is 10.0. The Kier molecular flexibility index (Phi) is 4.95. The molecule has 4 rings (SSSR count). The first kappa shape index (κ1) is 18.6. The molecular formula is C22H17F2N3O2. The highest BCUT2D eigenvalue weighted by atomic mass is 19.1. The number of H-pyrrole nitrogens is 1. The molecule has 1 unspecified atom stereocenters. The second-order valence-corrected chi connectivity index (χ2v) is 6.52. The molecule has 4 aromatic rings. The Labute approximate surface area is 165 Å². The summed E-state index contributed by atoms with van der Waals surface area (Å²) in [7, 11) is 0. The Hall–Kier alpha value is -3.74. The molecule has 0 spiro atoms. The number of anilines is 1. The van der Waals surface area contributed by atoms with E-state index in [4.69, 9.17) is 4.74 Å². The standard InChI is InChI=1S/C22H17F2N3O2/c1-13(29-16-5-3-2-4-6-16)22(28)25-21-18-9-7-14(11-20(18)26-27-21)17-10-8-15(23)12-19(17)24/h2-13H,1H3,(H2,25,26,27,28). The molecular weight excluding hydrogens is 376 g/mol. The van der Waals surface area contributed by atoms with Crippen molar-refractivity contribution in [3.8, 4) is 16.9 Å². The van der Waals surface area contributed by atoms with Gasteiger partial charge in [0, 0.05) is 17.0 Å². The number of fused-ring (bicyclic) bond motifs is 1. The molecule has 0 aliphatic carbocycles. The maximum absolute atomic E-state index is 14.0. The van der Waals surface area contributed by atoms with Crippen LogP contribution in [0.25, 0.3) is 22.0 Å². The molecule has 5 nitrogen and oxygen atoms in total. The van der Waals surface area contributed by atoms with E-state index < -0.39 is 17.7 Å². The molecule has 146 valence electrons. The van der Waals surface area contributed by atoms with Crippen LogP contribution in [-0.2, 0) is 4.79 Å². The Morgan fingerprint density at radius 2 is 1.86 bits per heavy atom. The maximum atomic E-state index is 14.0. The Bertz CT molecular complexity index is 1180. The summed E-state index contributed by atoms with van der Waals surface area (Å²) >= 11 is 0. The molecule has 29 heavy (non-hydrogen) atoms. The monoisotopic (exact) mass is 393 g/mol. The van der Waals surface area contributed by atoms with Gasteiger partial charge in [-0.2, -0.15) is 5.10 Å². The van der Waals surface area contributed by atoms with Crippen LogP contribution in [0.1, 0.15) is 6.92 Å². The van der Waals surface area contributed by atoms with E-state index in [0.29, 0.717) is 28.0 Å². The van der Waals surface area contributed by atoms with E-state index in [9.17, 15) is 13.6 Å². The second-order valence-electron chi connectivity index (χ2n) is 6.52. The molecule has 0 saturated heterocycles. The number of ether oxygens (including phenoxy) is 1. The van der Waals surface area contributed by atoms with Crippen molar-refractivity contribution < 1.29 is 18.3 Å². The first-order valence-corrected chi connectivity index (χ1v) is 8.97. The van der Waals surface area contributed by atoms with Gasteiger partial charge in [0.05, 0.1) is 5.52 Å². The van der Waals surface area contributed by atoms with Crippen molar-refractivity contribution in [3.63, 3.8) is 0 Å². The SMILES string of the molecule is CC(Oc1ccccc1)C(=O)Nc1n[nH]c2cc(-c3ccc(F)cc3F)ccc12. The van der Waals surface area contributed by atoms with Gasteiger partial charge in [0.25, 0.3) is 5.91 Å². The molecule has 0 fully saturated rings. The van der Waals surface area contributed by atoms with E-state index in [1.807, 2.05) is 18.2 Å². The molecule has 0 saturated carbocycles. The van der Waals surface area contributed by atoms with Crippen molar-refractivity contribution in [2.75, 3.05) is 5.32 Å². The molecule has 0 bridgehead atoms. The minimum Gasteiger partial charge on any atom is -0.481 e. The van der Waals surface area contributed by atoms with E-state index in [1.54, 1.807) is 37.3 Å². The second kappa shape index (κ2) is 7.71. The zero-order chi connectivity index (χ0) is 20.4. The van der Waals surface area contributed by atoms with E-state index in [-0.39, 0.29) is 11.5 Å². The fourth-order valence-corrected chi connectivity index (χ4v) is 2.98. The average Bonchev–Trinajstić information content (AvgIpc) is 3.10. The quantitative estimate of drug-likeness (QED) is 0.506. The van der Waals surface area contributed by atoms with Gasteiger partial charge in [-0.25, -0.2) is 8.78 Å². The van der Waals surface area contributed by atoms with Crippen molar-refractivity contribution in [1.82, 2.24) is 10.2 Å². The highest BCUT2D eigenvalue weighted by Crippen LogP contribution is 2.29.